The van der Waals surface area contributed by atoms with Gasteiger partial charge in [0.15, 0.2) is 12.4 Å². The number of benzene rings is 1. The third-order valence-electron chi connectivity index (χ3n) is 3.13. The molecule has 0 unspecified atom stereocenters. The maximum absolute atomic E-state index is 11.8. The first-order valence-electron chi connectivity index (χ1n) is 7.20. The monoisotopic (exact) mass is 404 g/mol. The van der Waals surface area contributed by atoms with Crippen LogP contribution in [0, 0.1) is 0 Å². The van der Waals surface area contributed by atoms with Crippen LogP contribution in [0.5, 0.6) is 5.75 Å². The Hall–Kier alpha value is -2.87. The molecule has 0 spiro atoms. The lowest BCUT2D eigenvalue weighted by molar-refractivity contribution is -0.139. The molecular formula is C17H13BrN2O5. The minimum absolute atomic E-state index is 0.132. The lowest BCUT2D eigenvalue weighted by Crippen LogP contribution is -2.01. The van der Waals surface area contributed by atoms with Gasteiger partial charge in [0.2, 0.25) is 0 Å². The molecule has 0 aliphatic rings. The summed E-state index contributed by atoms with van der Waals surface area (Å²) < 4.78 is 21.7. The Kier molecular flexibility index (Phi) is 5.30. The van der Waals surface area contributed by atoms with Crippen LogP contribution in [-0.4, -0.2) is 23.3 Å². The number of nitrogens with zero attached hydrogens (tertiary/aromatic N) is 2. The smallest absolute Gasteiger partial charge is 0.331 e. The molecule has 128 valence electrons. The van der Waals surface area contributed by atoms with E-state index in [-0.39, 0.29) is 18.4 Å². The molecule has 0 saturated heterocycles. The largest absolute Gasteiger partial charge is 0.496 e. The van der Waals surface area contributed by atoms with Crippen molar-refractivity contribution in [2.24, 2.45) is 0 Å². The summed E-state index contributed by atoms with van der Waals surface area (Å²) in [5.41, 5.74) is 0.742. The SMILES string of the molecule is COc1ccc(Br)cc1/C=C/C(=O)OCc1nnc(-c2ccco2)o1. The number of esters is 1. The Morgan fingerprint density at radius 2 is 2.20 bits per heavy atom. The molecule has 2 heterocycles. The molecule has 2 aromatic heterocycles. The summed E-state index contributed by atoms with van der Waals surface area (Å²) in [4.78, 5) is 11.8. The highest BCUT2D eigenvalue weighted by molar-refractivity contribution is 9.10. The zero-order valence-corrected chi connectivity index (χ0v) is 14.7. The fourth-order valence-corrected chi connectivity index (χ4v) is 2.36. The number of ether oxygens (including phenoxy) is 2. The summed E-state index contributed by atoms with van der Waals surface area (Å²) in [6.45, 7) is -0.132. The number of carbonyl (C=O) groups is 1. The maximum Gasteiger partial charge on any atom is 0.331 e. The van der Waals surface area contributed by atoms with E-state index in [2.05, 4.69) is 26.1 Å². The topological polar surface area (TPSA) is 87.6 Å². The van der Waals surface area contributed by atoms with Gasteiger partial charge in [-0.05, 0) is 36.4 Å². The molecule has 0 N–H and O–H groups in total. The molecule has 7 nitrogen and oxygen atoms in total. The van der Waals surface area contributed by atoms with E-state index in [9.17, 15) is 4.79 Å². The van der Waals surface area contributed by atoms with Crippen LogP contribution in [0.2, 0.25) is 0 Å². The molecule has 25 heavy (non-hydrogen) atoms. The van der Waals surface area contributed by atoms with Crippen molar-refractivity contribution >= 4 is 28.0 Å². The highest BCUT2D eigenvalue weighted by Crippen LogP contribution is 2.24. The van der Waals surface area contributed by atoms with Crippen LogP contribution in [0.1, 0.15) is 11.5 Å². The van der Waals surface area contributed by atoms with Crippen molar-refractivity contribution in [3.05, 3.63) is 58.6 Å². The van der Waals surface area contributed by atoms with Gasteiger partial charge in [-0.2, -0.15) is 0 Å². The highest BCUT2D eigenvalue weighted by Gasteiger charge is 2.12. The van der Waals surface area contributed by atoms with E-state index < -0.39 is 5.97 Å². The first kappa shape index (κ1) is 17.0. The van der Waals surface area contributed by atoms with Crippen LogP contribution in [0.25, 0.3) is 17.7 Å². The van der Waals surface area contributed by atoms with E-state index in [0.29, 0.717) is 11.5 Å². The van der Waals surface area contributed by atoms with Gasteiger partial charge >= 0.3 is 5.97 Å². The molecule has 0 radical (unpaired) electrons. The van der Waals surface area contributed by atoms with Crippen molar-refractivity contribution in [2.75, 3.05) is 7.11 Å². The normalized spacial score (nSPS) is 11.0. The number of rotatable bonds is 6. The van der Waals surface area contributed by atoms with Crippen molar-refractivity contribution < 1.29 is 23.1 Å². The second-order valence-corrected chi connectivity index (χ2v) is 5.72. The van der Waals surface area contributed by atoms with Crippen LogP contribution in [0.15, 0.2) is 56.0 Å². The van der Waals surface area contributed by atoms with Gasteiger partial charge in [0, 0.05) is 16.1 Å². The first-order valence-corrected chi connectivity index (χ1v) is 7.99. The van der Waals surface area contributed by atoms with Gasteiger partial charge < -0.3 is 18.3 Å². The van der Waals surface area contributed by atoms with Crippen molar-refractivity contribution in [2.45, 2.75) is 6.61 Å². The predicted octanol–water partition coefficient (Wildman–Crippen LogP) is 3.86. The molecule has 3 aromatic rings. The molecule has 1 aromatic carbocycles. The second-order valence-electron chi connectivity index (χ2n) is 4.81. The van der Waals surface area contributed by atoms with Gasteiger partial charge in [-0.3, -0.25) is 0 Å². The van der Waals surface area contributed by atoms with Crippen molar-refractivity contribution in [3.63, 3.8) is 0 Å². The maximum atomic E-state index is 11.8. The molecular weight excluding hydrogens is 392 g/mol. The van der Waals surface area contributed by atoms with E-state index in [1.165, 1.54) is 12.3 Å². The van der Waals surface area contributed by atoms with Crippen LogP contribution in [0.3, 0.4) is 0 Å². The molecule has 0 amide bonds. The summed E-state index contributed by atoms with van der Waals surface area (Å²) in [6.07, 6.45) is 4.41. The quantitative estimate of drug-likeness (QED) is 0.455. The third kappa shape index (κ3) is 4.36. The van der Waals surface area contributed by atoms with Crippen LogP contribution in [0.4, 0.5) is 0 Å². The Balaban J connectivity index is 1.59. The van der Waals surface area contributed by atoms with Crippen LogP contribution >= 0.6 is 15.9 Å². The summed E-state index contributed by atoms with van der Waals surface area (Å²) in [5, 5.41) is 7.62. The minimum Gasteiger partial charge on any atom is -0.496 e. The molecule has 0 saturated carbocycles. The van der Waals surface area contributed by atoms with Gasteiger partial charge in [0.25, 0.3) is 11.8 Å². The van der Waals surface area contributed by atoms with Gasteiger partial charge in [-0.1, -0.05) is 15.9 Å². The number of methoxy groups -OCH3 is 1. The van der Waals surface area contributed by atoms with Gasteiger partial charge in [0.1, 0.15) is 5.75 Å². The standard InChI is InChI=1S/C17H13BrN2O5/c1-22-13-6-5-12(18)9-11(13)4-7-16(21)24-10-15-19-20-17(25-15)14-3-2-8-23-14/h2-9H,10H2,1H3/b7-4+. The molecule has 0 atom stereocenters. The Morgan fingerprint density at radius 3 is 2.96 bits per heavy atom. The van der Waals surface area contributed by atoms with Crippen LogP contribution < -0.4 is 4.74 Å². The molecule has 3 rings (SSSR count). The van der Waals surface area contributed by atoms with Crippen LogP contribution in [-0.2, 0) is 16.1 Å². The second kappa shape index (κ2) is 7.80. The molecule has 0 aliphatic heterocycles. The number of halogens is 1. The van der Waals surface area contributed by atoms with E-state index in [1.807, 2.05) is 12.1 Å². The average Bonchev–Trinajstić information content (AvgIpc) is 3.29. The Labute approximate surface area is 151 Å². The van der Waals surface area contributed by atoms with Crippen molar-refractivity contribution in [3.8, 4) is 17.4 Å². The number of carbonyl (C=O) groups excluding carboxylic acids is 1. The average molecular weight is 405 g/mol. The number of hydrogen-bond donors (Lipinski definition) is 0. The number of furan rings is 1. The summed E-state index contributed by atoms with van der Waals surface area (Å²) in [5.74, 6) is 0.956. The van der Waals surface area contributed by atoms with E-state index in [4.69, 9.17) is 18.3 Å². The predicted molar refractivity (Wildman–Crippen MR) is 91.5 cm³/mol. The number of hydrogen-bond acceptors (Lipinski definition) is 7. The van der Waals surface area contributed by atoms with Crippen molar-refractivity contribution in [1.82, 2.24) is 10.2 Å². The van der Waals surface area contributed by atoms with E-state index in [0.717, 1.165) is 10.0 Å². The summed E-state index contributed by atoms with van der Waals surface area (Å²) >= 11 is 3.37. The fourth-order valence-electron chi connectivity index (χ4n) is 1.99. The zero-order valence-electron chi connectivity index (χ0n) is 13.1. The lowest BCUT2D eigenvalue weighted by atomic mass is 10.2. The van der Waals surface area contributed by atoms with Gasteiger partial charge in [0.05, 0.1) is 13.4 Å². The molecule has 0 bridgehead atoms. The lowest BCUT2D eigenvalue weighted by Gasteiger charge is -2.04. The number of aromatic nitrogens is 2. The Morgan fingerprint density at radius 1 is 1.32 bits per heavy atom. The third-order valence-corrected chi connectivity index (χ3v) is 3.62. The minimum atomic E-state index is -0.542. The molecule has 0 fully saturated rings. The summed E-state index contributed by atoms with van der Waals surface area (Å²) in [7, 11) is 1.56. The Bertz CT molecular complexity index is 886. The van der Waals surface area contributed by atoms with Crippen molar-refractivity contribution in [1.29, 1.82) is 0 Å². The van der Waals surface area contributed by atoms with Gasteiger partial charge in [-0.25, -0.2) is 4.79 Å². The summed E-state index contributed by atoms with van der Waals surface area (Å²) in [6, 6.07) is 8.87. The highest BCUT2D eigenvalue weighted by atomic mass is 79.9. The fraction of sp³-hybridized carbons (Fsp3) is 0.118. The zero-order chi connectivity index (χ0) is 17.6. The van der Waals surface area contributed by atoms with Gasteiger partial charge in [-0.15, -0.1) is 10.2 Å². The van der Waals surface area contributed by atoms with E-state index in [1.54, 1.807) is 31.4 Å². The molecule has 8 heteroatoms. The van der Waals surface area contributed by atoms with E-state index >= 15 is 0 Å². The first-order chi connectivity index (χ1) is 12.2. The molecule has 0 aliphatic carbocycles.